The Balaban J connectivity index is 2.11. The molecule has 1 unspecified atom stereocenters. The van der Waals surface area contributed by atoms with E-state index in [1.807, 2.05) is 31.2 Å². The Labute approximate surface area is 174 Å². The lowest BCUT2D eigenvalue weighted by molar-refractivity contribution is -0.384. The number of ketones is 1. The number of rotatable bonds is 7. The molecule has 0 aliphatic carbocycles. The number of Topliss-reactive ketones (excluding diaryl/α,β-unsaturated/α-hetero) is 1. The van der Waals surface area contributed by atoms with Crippen molar-refractivity contribution in [3.63, 3.8) is 0 Å². The molecule has 1 heterocycles. The highest BCUT2D eigenvalue weighted by molar-refractivity contribution is 6.46. The van der Waals surface area contributed by atoms with Gasteiger partial charge in [0.1, 0.15) is 5.76 Å². The van der Waals surface area contributed by atoms with Crippen LogP contribution < -0.4 is 0 Å². The van der Waals surface area contributed by atoms with E-state index in [9.17, 15) is 24.8 Å². The van der Waals surface area contributed by atoms with Crippen molar-refractivity contribution in [3.05, 3.63) is 80.9 Å². The number of hydrogen-bond donors (Lipinski definition) is 1. The zero-order valence-corrected chi connectivity index (χ0v) is 17.0. The van der Waals surface area contributed by atoms with Crippen LogP contribution in [0, 0.1) is 17.0 Å². The van der Waals surface area contributed by atoms with Crippen molar-refractivity contribution >= 4 is 23.1 Å². The third-order valence-electron chi connectivity index (χ3n) is 5.25. The Morgan fingerprint density at radius 2 is 1.83 bits per heavy atom. The second-order valence-corrected chi connectivity index (χ2v) is 7.42. The standard InChI is InChI=1S/C23H24N2O5/c1-3-4-5-13-24-20(17-8-6-7-15(2)14-17)19(22(27)23(24)28)21(26)16-9-11-18(12-10-16)25(29)30/h6-12,14,20,26H,3-5,13H2,1-2H3/b21-19-. The molecule has 156 valence electrons. The summed E-state index contributed by atoms with van der Waals surface area (Å²) < 4.78 is 0. The summed E-state index contributed by atoms with van der Waals surface area (Å²) in [6.45, 7) is 4.39. The fraction of sp³-hybridized carbons (Fsp3) is 0.304. The monoisotopic (exact) mass is 408 g/mol. The van der Waals surface area contributed by atoms with Crippen LogP contribution in [0.3, 0.4) is 0 Å². The van der Waals surface area contributed by atoms with E-state index in [0.717, 1.165) is 30.4 Å². The summed E-state index contributed by atoms with van der Waals surface area (Å²) in [4.78, 5) is 37.6. The molecule has 30 heavy (non-hydrogen) atoms. The van der Waals surface area contributed by atoms with Crippen molar-refractivity contribution in [2.45, 2.75) is 39.2 Å². The zero-order chi connectivity index (χ0) is 21.8. The van der Waals surface area contributed by atoms with Crippen molar-refractivity contribution in [2.24, 2.45) is 0 Å². The minimum Gasteiger partial charge on any atom is -0.507 e. The predicted octanol–water partition coefficient (Wildman–Crippen LogP) is 4.52. The van der Waals surface area contributed by atoms with Crippen molar-refractivity contribution in [2.75, 3.05) is 6.54 Å². The number of nitro benzene ring substituents is 1. The lowest BCUT2D eigenvalue weighted by atomic mass is 9.94. The van der Waals surface area contributed by atoms with Gasteiger partial charge in [0, 0.05) is 24.2 Å². The Kier molecular flexibility index (Phi) is 6.30. The van der Waals surface area contributed by atoms with E-state index in [4.69, 9.17) is 0 Å². The van der Waals surface area contributed by atoms with Crippen molar-refractivity contribution in [1.82, 2.24) is 4.90 Å². The maximum Gasteiger partial charge on any atom is 0.295 e. The summed E-state index contributed by atoms with van der Waals surface area (Å²) in [7, 11) is 0. The second-order valence-electron chi connectivity index (χ2n) is 7.42. The molecule has 0 saturated carbocycles. The molecule has 1 aliphatic rings. The first-order chi connectivity index (χ1) is 14.3. The Hall–Kier alpha value is -3.48. The Bertz CT molecular complexity index is 1010. The van der Waals surface area contributed by atoms with Crippen LogP contribution >= 0.6 is 0 Å². The van der Waals surface area contributed by atoms with Crippen LogP contribution in [0.5, 0.6) is 0 Å². The largest absolute Gasteiger partial charge is 0.507 e. The van der Waals surface area contributed by atoms with Crippen LogP contribution in [-0.4, -0.2) is 33.2 Å². The smallest absolute Gasteiger partial charge is 0.295 e. The number of nitrogens with zero attached hydrogens (tertiary/aromatic N) is 2. The molecule has 3 rings (SSSR count). The molecule has 2 aromatic carbocycles. The number of likely N-dealkylation sites (tertiary alicyclic amines) is 1. The van der Waals surface area contributed by atoms with Crippen LogP contribution in [0.2, 0.25) is 0 Å². The quantitative estimate of drug-likeness (QED) is 0.181. The normalized spacial score (nSPS) is 18.1. The van der Waals surface area contributed by atoms with E-state index >= 15 is 0 Å². The number of carbonyl (C=O) groups excluding carboxylic acids is 2. The minimum atomic E-state index is -0.742. The van der Waals surface area contributed by atoms with E-state index in [1.165, 1.54) is 29.2 Å². The molecule has 1 amide bonds. The van der Waals surface area contributed by atoms with Gasteiger partial charge in [-0.05, 0) is 31.0 Å². The maximum absolute atomic E-state index is 12.9. The molecular weight excluding hydrogens is 384 g/mol. The number of unbranched alkanes of at least 4 members (excludes halogenated alkanes) is 2. The highest BCUT2D eigenvalue weighted by Gasteiger charge is 2.45. The zero-order valence-electron chi connectivity index (χ0n) is 17.0. The molecular formula is C23H24N2O5. The highest BCUT2D eigenvalue weighted by atomic mass is 16.6. The fourth-order valence-corrected chi connectivity index (χ4v) is 3.73. The van der Waals surface area contributed by atoms with Crippen LogP contribution in [0.4, 0.5) is 5.69 Å². The molecule has 2 aromatic rings. The number of hydrogen-bond acceptors (Lipinski definition) is 5. The number of amides is 1. The van der Waals surface area contributed by atoms with E-state index in [0.29, 0.717) is 6.54 Å². The number of non-ortho nitro benzene ring substituents is 1. The number of aliphatic hydroxyl groups is 1. The summed E-state index contributed by atoms with van der Waals surface area (Å²) in [5.41, 5.74) is 1.86. The second kappa shape index (κ2) is 8.90. The molecule has 0 spiro atoms. The average molecular weight is 408 g/mol. The highest BCUT2D eigenvalue weighted by Crippen LogP contribution is 2.39. The van der Waals surface area contributed by atoms with E-state index in [-0.39, 0.29) is 22.6 Å². The molecule has 1 aliphatic heterocycles. The molecule has 1 N–H and O–H groups in total. The molecule has 1 saturated heterocycles. The van der Waals surface area contributed by atoms with Gasteiger partial charge in [-0.1, -0.05) is 49.6 Å². The Morgan fingerprint density at radius 1 is 1.13 bits per heavy atom. The van der Waals surface area contributed by atoms with Gasteiger partial charge in [0.05, 0.1) is 16.5 Å². The van der Waals surface area contributed by atoms with Gasteiger partial charge in [-0.25, -0.2) is 0 Å². The summed E-state index contributed by atoms with van der Waals surface area (Å²) in [6.07, 6.45) is 2.65. The number of nitro groups is 1. The fourth-order valence-electron chi connectivity index (χ4n) is 3.73. The minimum absolute atomic E-state index is 0.0101. The van der Waals surface area contributed by atoms with Crippen molar-refractivity contribution in [1.29, 1.82) is 0 Å². The summed E-state index contributed by atoms with van der Waals surface area (Å²) in [6, 6.07) is 12.1. The molecule has 0 bridgehead atoms. The van der Waals surface area contributed by atoms with Gasteiger partial charge in [-0.2, -0.15) is 0 Å². The number of benzene rings is 2. The third kappa shape index (κ3) is 4.10. The first kappa shape index (κ1) is 21.2. The SMILES string of the molecule is CCCCCN1C(=O)C(=O)/C(=C(\O)c2ccc([N+](=O)[O-])cc2)C1c1cccc(C)c1. The topological polar surface area (TPSA) is 101 Å². The lowest BCUT2D eigenvalue weighted by Gasteiger charge is -2.25. The van der Waals surface area contributed by atoms with E-state index in [1.54, 1.807) is 0 Å². The van der Waals surface area contributed by atoms with Crippen molar-refractivity contribution in [3.8, 4) is 0 Å². The van der Waals surface area contributed by atoms with Crippen LogP contribution in [0.25, 0.3) is 5.76 Å². The van der Waals surface area contributed by atoms with Gasteiger partial charge in [0.25, 0.3) is 17.4 Å². The molecule has 1 fully saturated rings. The molecule has 0 aromatic heterocycles. The summed E-state index contributed by atoms with van der Waals surface area (Å²) >= 11 is 0. The van der Waals surface area contributed by atoms with E-state index in [2.05, 4.69) is 6.92 Å². The first-order valence-corrected chi connectivity index (χ1v) is 9.95. The lowest BCUT2D eigenvalue weighted by Crippen LogP contribution is -2.30. The summed E-state index contributed by atoms with van der Waals surface area (Å²) in [5.74, 6) is -1.71. The van der Waals surface area contributed by atoms with Gasteiger partial charge in [-0.3, -0.25) is 19.7 Å². The Morgan fingerprint density at radius 3 is 2.43 bits per heavy atom. The first-order valence-electron chi connectivity index (χ1n) is 9.95. The van der Waals surface area contributed by atoms with Gasteiger partial charge in [0.2, 0.25) is 0 Å². The molecule has 1 atom stereocenters. The molecule has 7 nitrogen and oxygen atoms in total. The van der Waals surface area contributed by atoms with Gasteiger partial charge < -0.3 is 10.0 Å². The van der Waals surface area contributed by atoms with Crippen molar-refractivity contribution < 1.29 is 19.6 Å². The third-order valence-corrected chi connectivity index (χ3v) is 5.25. The average Bonchev–Trinajstić information content (AvgIpc) is 2.98. The number of carbonyl (C=O) groups is 2. The number of aryl methyl sites for hydroxylation is 1. The molecule has 7 heteroatoms. The summed E-state index contributed by atoms with van der Waals surface area (Å²) in [5, 5.41) is 21.8. The predicted molar refractivity (Wildman–Crippen MR) is 113 cm³/mol. The van der Waals surface area contributed by atoms with Crippen LogP contribution in [0.1, 0.15) is 48.9 Å². The van der Waals surface area contributed by atoms with Gasteiger partial charge in [-0.15, -0.1) is 0 Å². The number of aliphatic hydroxyl groups excluding tert-OH is 1. The van der Waals surface area contributed by atoms with E-state index < -0.39 is 22.7 Å². The maximum atomic E-state index is 12.9. The molecule has 0 radical (unpaired) electrons. The van der Waals surface area contributed by atoms with Gasteiger partial charge in [0.15, 0.2) is 0 Å². The van der Waals surface area contributed by atoms with Crippen LogP contribution in [-0.2, 0) is 9.59 Å². The van der Waals surface area contributed by atoms with Crippen LogP contribution in [0.15, 0.2) is 54.1 Å². The van der Waals surface area contributed by atoms with Gasteiger partial charge >= 0.3 is 0 Å².